The molecule has 0 amide bonds. The Hall–Kier alpha value is -0.643. The van der Waals surface area contributed by atoms with Crippen molar-refractivity contribution in [2.45, 2.75) is 20.8 Å². The van der Waals surface area contributed by atoms with Gasteiger partial charge in [0.1, 0.15) is 0 Å². The van der Waals surface area contributed by atoms with E-state index in [-0.39, 0.29) is 0 Å². The summed E-state index contributed by atoms with van der Waals surface area (Å²) in [5.74, 6) is 0. The maximum atomic E-state index is 4.93. The van der Waals surface area contributed by atoms with Crippen LogP contribution >= 0.6 is 0 Å². The number of rotatable bonds is 1. The number of hydrogen-bond donors (Lipinski definition) is 0. The Morgan fingerprint density at radius 2 is 1.50 bits per heavy atom. The molecule has 0 bridgehead atoms. The van der Waals surface area contributed by atoms with E-state index in [1.54, 1.807) is 0 Å². The molecule has 0 unspecified atom stereocenters. The molecule has 0 aliphatic carbocycles. The minimum Gasteiger partial charge on any atom is -0.255 e. The second-order valence-electron chi connectivity index (χ2n) is 3.34. The van der Waals surface area contributed by atoms with Gasteiger partial charge in [0.2, 0.25) is 0 Å². The zero-order chi connectivity index (χ0) is 8.72. The van der Waals surface area contributed by atoms with Gasteiger partial charge in [0.05, 0.1) is 0 Å². The highest BCUT2D eigenvalue weighted by molar-refractivity contribution is 6.66. The van der Waals surface area contributed by atoms with Crippen molar-refractivity contribution in [2.75, 3.05) is 0 Å². The second kappa shape index (κ2) is 2.69. The van der Waals surface area contributed by atoms with Crippen LogP contribution < -0.4 is 5.19 Å². The Balaban J connectivity index is 2.51. The lowest BCUT2D eigenvalue weighted by Crippen LogP contribution is -2.23. The van der Waals surface area contributed by atoms with Crippen molar-refractivity contribution < 1.29 is 9.15 Å². The minimum atomic E-state index is -1.38. The molecule has 3 heteroatoms. The molecule has 0 radical (unpaired) electrons. The predicted molar refractivity (Wildman–Crippen MR) is 49.6 cm³/mol. The van der Waals surface area contributed by atoms with Crippen LogP contribution in [0.5, 0.6) is 0 Å². The van der Waals surface area contributed by atoms with Crippen LogP contribution in [0.15, 0.2) is 12.1 Å². The lowest BCUT2D eigenvalue weighted by atomic mass is 10.1. The molecule has 12 heavy (non-hydrogen) atoms. The van der Waals surface area contributed by atoms with E-state index >= 15 is 0 Å². The molecule has 64 valence electrons. The van der Waals surface area contributed by atoms with Crippen molar-refractivity contribution in [2.24, 2.45) is 0 Å². The van der Waals surface area contributed by atoms with E-state index in [0.29, 0.717) is 0 Å². The molecule has 1 fully saturated rings. The van der Waals surface area contributed by atoms with Gasteiger partial charge in [-0.25, -0.2) is 0 Å². The van der Waals surface area contributed by atoms with Crippen molar-refractivity contribution in [1.82, 2.24) is 0 Å². The average Bonchev–Trinajstić information content (AvgIpc) is 2.68. The molecule has 1 aromatic rings. The molecule has 0 N–H and O–H groups in total. The Labute approximate surface area is 73.9 Å². The fourth-order valence-electron chi connectivity index (χ4n) is 1.69. The van der Waals surface area contributed by atoms with Gasteiger partial charge in [0.25, 0.3) is 0 Å². The highest BCUT2D eigenvalue weighted by Gasteiger charge is 2.35. The SMILES string of the molecule is Cc1cc(C)c([SiH]2OO2)c(C)c1. The summed E-state index contributed by atoms with van der Waals surface area (Å²) in [6.07, 6.45) is 0. The van der Waals surface area contributed by atoms with Gasteiger partial charge >= 0.3 is 9.28 Å². The quantitative estimate of drug-likeness (QED) is 0.366. The number of aryl methyl sites for hydroxylation is 3. The van der Waals surface area contributed by atoms with Gasteiger partial charge in [0.15, 0.2) is 0 Å². The van der Waals surface area contributed by atoms with Crippen LogP contribution in [0.3, 0.4) is 0 Å². The Morgan fingerprint density at radius 1 is 1.00 bits per heavy atom. The summed E-state index contributed by atoms with van der Waals surface area (Å²) in [5.41, 5.74) is 3.92. The highest BCUT2D eigenvalue weighted by Crippen LogP contribution is 2.14. The molecule has 0 spiro atoms. The number of hydrogen-bond acceptors (Lipinski definition) is 2. The van der Waals surface area contributed by atoms with Crippen LogP contribution in [-0.2, 0) is 9.15 Å². The van der Waals surface area contributed by atoms with Gasteiger partial charge in [-0.1, -0.05) is 17.7 Å². The first-order valence-corrected chi connectivity index (χ1v) is 5.60. The highest BCUT2D eigenvalue weighted by atomic mass is 28.3. The third-order valence-electron chi connectivity index (χ3n) is 2.17. The van der Waals surface area contributed by atoms with E-state index in [2.05, 4.69) is 32.9 Å². The van der Waals surface area contributed by atoms with Crippen molar-refractivity contribution in [3.05, 3.63) is 28.8 Å². The summed E-state index contributed by atoms with van der Waals surface area (Å²) in [6.45, 7) is 6.35. The molecule has 0 aromatic heterocycles. The fourth-order valence-corrected chi connectivity index (χ4v) is 3.01. The molecule has 2 nitrogen and oxygen atoms in total. The third-order valence-corrected chi connectivity index (χ3v) is 3.93. The largest absolute Gasteiger partial charge is 0.423 e. The maximum absolute atomic E-state index is 4.93. The van der Waals surface area contributed by atoms with Crippen molar-refractivity contribution >= 4 is 14.5 Å². The lowest BCUT2D eigenvalue weighted by Gasteiger charge is -2.05. The van der Waals surface area contributed by atoms with Crippen LogP contribution in [0.2, 0.25) is 0 Å². The van der Waals surface area contributed by atoms with Crippen LogP contribution in [0.4, 0.5) is 0 Å². The van der Waals surface area contributed by atoms with Gasteiger partial charge in [-0.15, -0.1) is 0 Å². The summed E-state index contributed by atoms with van der Waals surface area (Å²) >= 11 is 0. The standard InChI is InChI=1S/C9H12O2Si/c1-6-4-7(2)9(8(3)5-6)12-10-11-12/h4-5,12H,1-3H3. The van der Waals surface area contributed by atoms with Gasteiger partial charge in [-0.2, -0.15) is 0 Å². The first-order valence-electron chi connectivity index (χ1n) is 4.08. The average molecular weight is 180 g/mol. The van der Waals surface area contributed by atoms with Crippen LogP contribution in [-0.4, -0.2) is 9.28 Å². The second-order valence-corrected chi connectivity index (χ2v) is 4.96. The number of benzene rings is 1. The van der Waals surface area contributed by atoms with Crippen LogP contribution in [0, 0.1) is 20.8 Å². The molecule has 1 heterocycles. The summed E-state index contributed by atoms with van der Waals surface area (Å²) in [7, 11) is -1.38. The first kappa shape index (κ1) is 7.98. The summed E-state index contributed by atoms with van der Waals surface area (Å²) < 4.78 is 9.87. The third kappa shape index (κ3) is 1.31. The summed E-state index contributed by atoms with van der Waals surface area (Å²) in [4.78, 5) is 0. The first-order chi connectivity index (χ1) is 5.68. The Bertz CT molecular complexity index is 295. The molecule has 1 aromatic carbocycles. The maximum Gasteiger partial charge on any atom is 0.423 e. The van der Waals surface area contributed by atoms with Crippen molar-refractivity contribution in [3.8, 4) is 0 Å². The predicted octanol–water partition coefficient (Wildman–Crippen LogP) is 1.00. The zero-order valence-electron chi connectivity index (χ0n) is 7.55. The van der Waals surface area contributed by atoms with Gasteiger partial charge < -0.3 is 0 Å². The molecule has 1 aliphatic heterocycles. The molecule has 1 aliphatic rings. The van der Waals surface area contributed by atoms with Crippen LogP contribution in [0.1, 0.15) is 16.7 Å². The van der Waals surface area contributed by atoms with Crippen molar-refractivity contribution in [1.29, 1.82) is 0 Å². The Kier molecular flexibility index (Phi) is 1.79. The van der Waals surface area contributed by atoms with Gasteiger partial charge in [-0.3, -0.25) is 9.15 Å². The minimum absolute atomic E-state index is 1.31. The van der Waals surface area contributed by atoms with E-state index in [1.165, 1.54) is 21.9 Å². The lowest BCUT2D eigenvalue weighted by molar-refractivity contribution is 0.0850. The summed E-state index contributed by atoms with van der Waals surface area (Å²) in [6, 6.07) is 4.36. The smallest absolute Gasteiger partial charge is 0.255 e. The van der Waals surface area contributed by atoms with E-state index in [0.717, 1.165) is 0 Å². The van der Waals surface area contributed by atoms with E-state index in [4.69, 9.17) is 9.15 Å². The van der Waals surface area contributed by atoms with Crippen LogP contribution in [0.25, 0.3) is 0 Å². The Morgan fingerprint density at radius 3 is 1.92 bits per heavy atom. The van der Waals surface area contributed by atoms with E-state index in [1.807, 2.05) is 0 Å². The van der Waals surface area contributed by atoms with Gasteiger partial charge in [0, 0.05) is 5.19 Å². The zero-order valence-corrected chi connectivity index (χ0v) is 8.70. The molecular weight excluding hydrogens is 168 g/mol. The van der Waals surface area contributed by atoms with Gasteiger partial charge in [-0.05, 0) is 31.9 Å². The molecular formula is C9H12O2Si. The molecule has 1 saturated heterocycles. The van der Waals surface area contributed by atoms with E-state index in [9.17, 15) is 0 Å². The van der Waals surface area contributed by atoms with E-state index < -0.39 is 9.28 Å². The normalized spacial score (nSPS) is 16.6. The monoisotopic (exact) mass is 180 g/mol. The fraction of sp³-hybridized carbons (Fsp3) is 0.333. The summed E-state index contributed by atoms with van der Waals surface area (Å²) in [5, 5.41) is 1.32. The molecule has 0 saturated carbocycles. The van der Waals surface area contributed by atoms with Crippen molar-refractivity contribution in [3.63, 3.8) is 0 Å². The topological polar surface area (TPSA) is 25.1 Å². The molecule has 2 rings (SSSR count). The molecule has 0 atom stereocenters.